The fourth-order valence-electron chi connectivity index (χ4n) is 3.28. The van der Waals surface area contributed by atoms with Gasteiger partial charge in [0.15, 0.2) is 9.84 Å². The van der Waals surface area contributed by atoms with Crippen molar-refractivity contribution >= 4 is 49.6 Å². The minimum Gasteiger partial charge on any atom is -0.365 e. The van der Waals surface area contributed by atoms with Crippen LogP contribution in [0.5, 0.6) is 0 Å². The van der Waals surface area contributed by atoms with Gasteiger partial charge in [-0.15, -0.1) is 11.3 Å². The van der Waals surface area contributed by atoms with Crippen molar-refractivity contribution in [3.05, 3.63) is 45.3 Å². The number of halogens is 1. The van der Waals surface area contributed by atoms with Crippen LogP contribution >= 0.6 is 22.9 Å². The number of sulfone groups is 1. The van der Waals surface area contributed by atoms with Crippen LogP contribution in [0.2, 0.25) is 5.02 Å². The lowest BCUT2D eigenvalue weighted by Gasteiger charge is -2.18. The lowest BCUT2D eigenvalue weighted by atomic mass is 9.88. The van der Waals surface area contributed by atoms with E-state index < -0.39 is 21.7 Å². The molecule has 0 saturated carbocycles. The molecule has 6 nitrogen and oxygen atoms in total. The van der Waals surface area contributed by atoms with Crippen molar-refractivity contribution in [3.8, 4) is 0 Å². The molecule has 1 atom stereocenters. The van der Waals surface area contributed by atoms with Crippen LogP contribution in [-0.2, 0) is 27.5 Å². The summed E-state index contributed by atoms with van der Waals surface area (Å²) in [6, 6.07) is 5.81. The summed E-state index contributed by atoms with van der Waals surface area (Å²) in [6.45, 7) is 2.15. The molecule has 1 aliphatic rings. The number of hydrogen-bond donors (Lipinski definition) is 2. The minimum absolute atomic E-state index is 0.114. The summed E-state index contributed by atoms with van der Waals surface area (Å²) in [4.78, 5) is 25.5. The number of nitrogens with two attached hydrogens (primary N) is 1. The standard InChI is InChI=1S/C19H21ClN2O4S2/c1-11-2-7-14-15(10-11)27-19(17(14)18(21)24)22-16(23)8-9-28(25,26)13-5-3-12(20)4-6-13/h3-6,11H,2,7-10H2,1H3,(H2,21,24)(H,22,23)/t11-/m1/s1. The summed E-state index contributed by atoms with van der Waals surface area (Å²) in [5.41, 5.74) is 6.81. The molecule has 0 unspecified atom stereocenters. The number of carbonyl (C=O) groups excluding carboxylic acids is 2. The smallest absolute Gasteiger partial charge is 0.251 e. The Morgan fingerprint density at radius 1 is 1.29 bits per heavy atom. The van der Waals surface area contributed by atoms with Crippen molar-refractivity contribution in [1.82, 2.24) is 0 Å². The van der Waals surface area contributed by atoms with Crippen molar-refractivity contribution in [2.45, 2.75) is 37.5 Å². The Morgan fingerprint density at radius 3 is 2.61 bits per heavy atom. The molecule has 1 aromatic heterocycles. The molecule has 3 rings (SSSR count). The normalized spacial score (nSPS) is 16.4. The first-order valence-electron chi connectivity index (χ1n) is 8.90. The van der Waals surface area contributed by atoms with Crippen molar-refractivity contribution in [2.75, 3.05) is 11.1 Å². The highest BCUT2D eigenvalue weighted by atomic mass is 35.5. The van der Waals surface area contributed by atoms with Crippen LogP contribution < -0.4 is 11.1 Å². The average molecular weight is 441 g/mol. The third kappa shape index (κ3) is 4.56. The topological polar surface area (TPSA) is 106 Å². The predicted octanol–water partition coefficient (Wildman–Crippen LogP) is 3.43. The van der Waals surface area contributed by atoms with Gasteiger partial charge in [-0.25, -0.2) is 8.42 Å². The molecule has 0 fully saturated rings. The van der Waals surface area contributed by atoms with Crippen LogP contribution in [0.4, 0.5) is 5.00 Å². The Morgan fingerprint density at radius 2 is 1.96 bits per heavy atom. The maximum atomic E-state index is 12.4. The van der Waals surface area contributed by atoms with E-state index in [4.69, 9.17) is 17.3 Å². The summed E-state index contributed by atoms with van der Waals surface area (Å²) in [5, 5.41) is 3.54. The van der Waals surface area contributed by atoms with Gasteiger partial charge in [-0.3, -0.25) is 9.59 Å². The van der Waals surface area contributed by atoms with Gasteiger partial charge in [0, 0.05) is 16.3 Å². The summed E-state index contributed by atoms with van der Waals surface area (Å²) < 4.78 is 24.8. The Kier molecular flexibility index (Phi) is 6.12. The first-order chi connectivity index (χ1) is 13.2. The Labute approximate surface area is 173 Å². The van der Waals surface area contributed by atoms with Gasteiger partial charge in [-0.05, 0) is 55.0 Å². The SMILES string of the molecule is C[C@@H]1CCc2c(sc(NC(=O)CCS(=O)(=O)c3ccc(Cl)cc3)c2C(N)=O)C1. The second kappa shape index (κ2) is 8.23. The number of carbonyl (C=O) groups is 2. The number of anilines is 1. The summed E-state index contributed by atoms with van der Waals surface area (Å²) in [6.07, 6.45) is 2.35. The van der Waals surface area contributed by atoms with E-state index in [2.05, 4.69) is 12.2 Å². The summed E-state index contributed by atoms with van der Waals surface area (Å²) >= 11 is 7.13. The number of primary amides is 1. The first-order valence-corrected chi connectivity index (χ1v) is 11.7. The number of nitrogens with one attached hydrogen (secondary N) is 1. The lowest BCUT2D eigenvalue weighted by Crippen LogP contribution is -2.20. The van der Waals surface area contributed by atoms with E-state index in [0.29, 0.717) is 21.5 Å². The number of rotatable bonds is 6. The summed E-state index contributed by atoms with van der Waals surface area (Å²) in [5.74, 6) is -0.864. The zero-order chi connectivity index (χ0) is 20.5. The van der Waals surface area contributed by atoms with E-state index in [0.717, 1.165) is 29.7 Å². The van der Waals surface area contributed by atoms with Crippen LogP contribution in [0, 0.1) is 5.92 Å². The third-order valence-electron chi connectivity index (χ3n) is 4.78. The van der Waals surface area contributed by atoms with E-state index in [9.17, 15) is 18.0 Å². The quantitative estimate of drug-likeness (QED) is 0.717. The van der Waals surface area contributed by atoms with Gasteiger partial charge >= 0.3 is 0 Å². The van der Waals surface area contributed by atoms with E-state index in [1.807, 2.05) is 0 Å². The van der Waals surface area contributed by atoms with Gasteiger partial charge in [0.25, 0.3) is 5.91 Å². The van der Waals surface area contributed by atoms with Gasteiger partial charge in [0.2, 0.25) is 5.91 Å². The van der Waals surface area contributed by atoms with Crippen molar-refractivity contribution in [2.24, 2.45) is 11.7 Å². The van der Waals surface area contributed by atoms with Gasteiger partial charge in [-0.1, -0.05) is 18.5 Å². The van der Waals surface area contributed by atoms with Gasteiger partial charge < -0.3 is 11.1 Å². The molecule has 150 valence electrons. The largest absolute Gasteiger partial charge is 0.365 e. The average Bonchev–Trinajstić information content (AvgIpc) is 2.97. The second-order valence-electron chi connectivity index (χ2n) is 6.99. The highest BCUT2D eigenvalue weighted by Crippen LogP contribution is 2.39. The molecule has 2 amide bonds. The van der Waals surface area contributed by atoms with Crippen molar-refractivity contribution < 1.29 is 18.0 Å². The van der Waals surface area contributed by atoms with Gasteiger partial charge in [0.05, 0.1) is 16.2 Å². The lowest BCUT2D eigenvalue weighted by molar-refractivity contribution is -0.115. The molecule has 0 bridgehead atoms. The number of benzene rings is 1. The monoisotopic (exact) mass is 440 g/mol. The summed E-state index contributed by atoms with van der Waals surface area (Å²) in [7, 11) is -3.61. The fourth-order valence-corrected chi connectivity index (χ4v) is 6.07. The van der Waals surface area contributed by atoms with Crippen LogP contribution in [0.25, 0.3) is 0 Å². The molecule has 3 N–H and O–H groups in total. The first kappa shape index (κ1) is 20.8. The number of hydrogen-bond acceptors (Lipinski definition) is 5. The molecule has 2 aromatic rings. The van der Waals surface area contributed by atoms with Gasteiger partial charge in [-0.2, -0.15) is 0 Å². The van der Waals surface area contributed by atoms with Crippen LogP contribution in [0.3, 0.4) is 0 Å². The predicted molar refractivity (Wildman–Crippen MR) is 111 cm³/mol. The zero-order valence-corrected chi connectivity index (χ0v) is 17.7. The molecule has 28 heavy (non-hydrogen) atoms. The third-order valence-corrected chi connectivity index (χ3v) is 7.94. The molecule has 9 heteroatoms. The molecule has 0 saturated heterocycles. The molecule has 0 aliphatic heterocycles. The fraction of sp³-hybridized carbons (Fsp3) is 0.368. The molecular weight excluding hydrogens is 420 g/mol. The van der Waals surface area contributed by atoms with E-state index in [-0.39, 0.29) is 17.1 Å². The Bertz CT molecular complexity index is 1010. The minimum atomic E-state index is -3.61. The van der Waals surface area contributed by atoms with E-state index in [1.165, 1.54) is 35.6 Å². The van der Waals surface area contributed by atoms with Crippen LogP contribution in [0.1, 0.15) is 40.6 Å². The maximum Gasteiger partial charge on any atom is 0.251 e. The van der Waals surface area contributed by atoms with Crippen LogP contribution in [-0.4, -0.2) is 26.0 Å². The number of fused-ring (bicyclic) bond motifs is 1. The van der Waals surface area contributed by atoms with Crippen molar-refractivity contribution in [3.63, 3.8) is 0 Å². The molecule has 0 radical (unpaired) electrons. The molecule has 1 aliphatic carbocycles. The molecule has 0 spiro atoms. The zero-order valence-electron chi connectivity index (χ0n) is 15.3. The highest BCUT2D eigenvalue weighted by Gasteiger charge is 2.27. The number of thiophene rings is 1. The molecule has 1 heterocycles. The maximum absolute atomic E-state index is 12.4. The molecular formula is C19H21ClN2O4S2. The number of amides is 2. The second-order valence-corrected chi connectivity index (χ2v) is 10.6. The van der Waals surface area contributed by atoms with Crippen molar-refractivity contribution in [1.29, 1.82) is 0 Å². The highest BCUT2D eigenvalue weighted by molar-refractivity contribution is 7.91. The van der Waals surface area contributed by atoms with E-state index in [1.54, 1.807) is 0 Å². The van der Waals surface area contributed by atoms with Gasteiger partial charge in [0.1, 0.15) is 5.00 Å². The Balaban J connectivity index is 1.71. The van der Waals surface area contributed by atoms with E-state index >= 15 is 0 Å². The Hall–Kier alpha value is -1.90. The molecule has 1 aromatic carbocycles. The van der Waals surface area contributed by atoms with Crippen LogP contribution in [0.15, 0.2) is 29.2 Å².